The number of hydrogen-bond acceptors (Lipinski definition) is 1. The monoisotopic (exact) mass is 212 g/mol. The van der Waals surface area contributed by atoms with E-state index >= 15 is 0 Å². The largest absolute Gasteiger partial charge is 0.0622 e. The molecule has 0 fully saturated rings. The summed E-state index contributed by atoms with van der Waals surface area (Å²) >= 11 is 4.54. The highest BCUT2D eigenvalue weighted by Crippen LogP contribution is 2.14. The van der Waals surface area contributed by atoms with Crippen molar-refractivity contribution < 1.29 is 0 Å². The summed E-state index contributed by atoms with van der Waals surface area (Å²) in [6.45, 7) is 0. The first-order valence-corrected chi connectivity index (χ1v) is 4.37. The Labute approximate surface area is 73.2 Å². The SMILES string of the molecule is BrC#CSc1ccccc1. The van der Waals surface area contributed by atoms with E-state index in [1.54, 1.807) is 0 Å². The van der Waals surface area contributed by atoms with Crippen LogP contribution in [0.4, 0.5) is 0 Å². The topological polar surface area (TPSA) is 0 Å². The van der Waals surface area contributed by atoms with E-state index in [-0.39, 0.29) is 0 Å². The van der Waals surface area contributed by atoms with Gasteiger partial charge in [-0.1, -0.05) is 18.2 Å². The average Bonchev–Trinajstić information content (AvgIpc) is 2.03. The number of hydrogen-bond donors (Lipinski definition) is 0. The van der Waals surface area contributed by atoms with Crippen LogP contribution < -0.4 is 0 Å². The fraction of sp³-hybridized carbons (Fsp3) is 0. The molecule has 0 unspecified atom stereocenters. The third kappa shape index (κ3) is 2.47. The summed E-state index contributed by atoms with van der Waals surface area (Å²) in [5.74, 6) is 0. The normalized spacial score (nSPS) is 8.10. The molecule has 0 aromatic heterocycles. The van der Waals surface area contributed by atoms with Gasteiger partial charge in [0.15, 0.2) is 0 Å². The molecule has 0 saturated heterocycles. The lowest BCUT2D eigenvalue weighted by Crippen LogP contribution is -1.63. The van der Waals surface area contributed by atoms with E-state index in [1.807, 2.05) is 30.3 Å². The van der Waals surface area contributed by atoms with Crippen LogP contribution in [0.5, 0.6) is 0 Å². The van der Waals surface area contributed by atoms with Crippen LogP contribution in [0, 0.1) is 10.1 Å². The van der Waals surface area contributed by atoms with E-state index in [9.17, 15) is 0 Å². The lowest BCUT2D eigenvalue weighted by molar-refractivity contribution is 1.48. The maximum Gasteiger partial charge on any atom is 0.0203 e. The van der Waals surface area contributed by atoms with Gasteiger partial charge in [0.1, 0.15) is 0 Å². The van der Waals surface area contributed by atoms with E-state index in [1.165, 1.54) is 16.7 Å². The Morgan fingerprint density at radius 3 is 2.50 bits per heavy atom. The lowest BCUT2D eigenvalue weighted by Gasteiger charge is -1.88. The lowest BCUT2D eigenvalue weighted by atomic mass is 10.4. The summed E-state index contributed by atoms with van der Waals surface area (Å²) in [6.07, 6.45) is 0. The van der Waals surface area contributed by atoms with E-state index in [0.29, 0.717) is 0 Å². The van der Waals surface area contributed by atoms with Gasteiger partial charge < -0.3 is 0 Å². The van der Waals surface area contributed by atoms with Crippen LogP contribution in [-0.2, 0) is 0 Å². The van der Waals surface area contributed by atoms with Crippen LogP contribution >= 0.6 is 27.7 Å². The molecule has 0 aliphatic heterocycles. The first-order chi connectivity index (χ1) is 4.93. The molecule has 0 N–H and O–H groups in total. The Balaban J connectivity index is 2.64. The number of thioether (sulfide) groups is 1. The molecule has 0 saturated carbocycles. The van der Waals surface area contributed by atoms with Gasteiger partial charge >= 0.3 is 0 Å². The van der Waals surface area contributed by atoms with Gasteiger partial charge in [0, 0.05) is 20.8 Å². The highest BCUT2D eigenvalue weighted by atomic mass is 79.9. The molecule has 10 heavy (non-hydrogen) atoms. The maximum absolute atomic E-state index is 3.02. The zero-order valence-corrected chi connectivity index (χ0v) is 7.58. The molecular formula is C8H5BrS. The first kappa shape index (κ1) is 7.71. The molecule has 0 radical (unpaired) electrons. The van der Waals surface area contributed by atoms with Crippen molar-refractivity contribution in [2.24, 2.45) is 0 Å². The Bertz CT molecular complexity index is 245. The molecule has 0 bridgehead atoms. The van der Waals surface area contributed by atoms with Crippen molar-refractivity contribution in [3.63, 3.8) is 0 Å². The van der Waals surface area contributed by atoms with Gasteiger partial charge in [0.05, 0.1) is 0 Å². The quantitative estimate of drug-likeness (QED) is 0.510. The summed E-state index contributed by atoms with van der Waals surface area (Å²) in [7, 11) is 0. The standard InChI is InChI=1S/C8H5BrS/c9-6-7-10-8-4-2-1-3-5-8/h1-5H. The van der Waals surface area contributed by atoms with Crippen molar-refractivity contribution in [3.8, 4) is 10.1 Å². The molecule has 0 heterocycles. The highest BCUT2D eigenvalue weighted by molar-refractivity contribution is 9.12. The van der Waals surface area contributed by atoms with Gasteiger partial charge in [-0.3, -0.25) is 0 Å². The molecule has 50 valence electrons. The predicted molar refractivity (Wildman–Crippen MR) is 49.0 cm³/mol. The summed E-state index contributed by atoms with van der Waals surface area (Å²) in [5.41, 5.74) is 0. The van der Waals surface area contributed by atoms with Crippen LogP contribution in [-0.4, -0.2) is 0 Å². The van der Waals surface area contributed by atoms with Crippen LogP contribution in [0.3, 0.4) is 0 Å². The zero-order chi connectivity index (χ0) is 7.23. The van der Waals surface area contributed by atoms with Gasteiger partial charge in [-0.05, 0) is 34.0 Å². The Morgan fingerprint density at radius 2 is 1.90 bits per heavy atom. The van der Waals surface area contributed by atoms with Crippen molar-refractivity contribution >= 4 is 27.7 Å². The zero-order valence-electron chi connectivity index (χ0n) is 5.17. The van der Waals surface area contributed by atoms with Crippen molar-refractivity contribution in [1.82, 2.24) is 0 Å². The number of rotatable bonds is 1. The molecule has 0 atom stereocenters. The Kier molecular flexibility index (Phi) is 3.42. The summed E-state index contributed by atoms with van der Waals surface area (Å²) < 4.78 is 0. The van der Waals surface area contributed by atoms with Crippen molar-refractivity contribution in [3.05, 3.63) is 30.3 Å². The molecule has 1 rings (SSSR count). The second-order valence-corrected chi connectivity index (χ2v) is 2.89. The summed E-state index contributed by atoms with van der Waals surface area (Å²) in [4.78, 5) is 3.82. The Morgan fingerprint density at radius 1 is 1.20 bits per heavy atom. The molecule has 0 aliphatic rings. The predicted octanol–water partition coefficient (Wildman–Crippen LogP) is 3.09. The summed E-state index contributed by atoms with van der Waals surface area (Å²) in [5, 5.41) is 2.85. The molecule has 1 aromatic carbocycles. The van der Waals surface area contributed by atoms with Crippen molar-refractivity contribution in [1.29, 1.82) is 0 Å². The minimum atomic E-state index is 1.18. The van der Waals surface area contributed by atoms with Gasteiger partial charge in [-0.15, -0.1) is 0 Å². The molecular weight excluding hydrogens is 208 g/mol. The third-order valence-corrected chi connectivity index (χ3v) is 2.12. The van der Waals surface area contributed by atoms with Gasteiger partial charge in [-0.2, -0.15) is 0 Å². The fourth-order valence-electron chi connectivity index (χ4n) is 0.567. The van der Waals surface area contributed by atoms with Crippen LogP contribution in [0.25, 0.3) is 0 Å². The van der Waals surface area contributed by atoms with Crippen LogP contribution in [0.1, 0.15) is 0 Å². The van der Waals surface area contributed by atoms with E-state index in [2.05, 4.69) is 26.0 Å². The smallest absolute Gasteiger partial charge is 0.0203 e. The van der Waals surface area contributed by atoms with Crippen LogP contribution in [0.15, 0.2) is 35.2 Å². The molecule has 1 aromatic rings. The Hall–Kier alpha value is -0.390. The molecule has 0 nitrogen and oxygen atoms in total. The van der Waals surface area contributed by atoms with Crippen molar-refractivity contribution in [2.45, 2.75) is 4.90 Å². The third-order valence-electron chi connectivity index (χ3n) is 0.951. The number of halogens is 1. The first-order valence-electron chi connectivity index (χ1n) is 2.76. The highest BCUT2D eigenvalue weighted by Gasteiger charge is 1.84. The minimum absolute atomic E-state index is 1.18. The molecule has 0 aliphatic carbocycles. The van der Waals surface area contributed by atoms with Gasteiger partial charge in [-0.25, -0.2) is 0 Å². The van der Waals surface area contributed by atoms with Crippen molar-refractivity contribution in [2.75, 3.05) is 0 Å². The summed E-state index contributed by atoms with van der Waals surface area (Å²) in [6, 6.07) is 10.0. The minimum Gasteiger partial charge on any atom is -0.0622 e. The average molecular weight is 213 g/mol. The van der Waals surface area contributed by atoms with E-state index < -0.39 is 0 Å². The maximum atomic E-state index is 3.02. The molecule has 0 amide bonds. The molecule has 0 spiro atoms. The number of benzene rings is 1. The molecule has 2 heteroatoms. The second kappa shape index (κ2) is 4.43. The second-order valence-electron chi connectivity index (χ2n) is 1.61. The van der Waals surface area contributed by atoms with Gasteiger partial charge in [0.25, 0.3) is 0 Å². The van der Waals surface area contributed by atoms with Gasteiger partial charge in [0.2, 0.25) is 0 Å². The van der Waals surface area contributed by atoms with E-state index in [0.717, 1.165) is 0 Å². The van der Waals surface area contributed by atoms with E-state index in [4.69, 9.17) is 0 Å². The van der Waals surface area contributed by atoms with Crippen LogP contribution in [0.2, 0.25) is 0 Å². The fourth-order valence-corrected chi connectivity index (χ4v) is 1.26.